The van der Waals surface area contributed by atoms with Crippen molar-refractivity contribution in [2.24, 2.45) is 0 Å². The van der Waals surface area contributed by atoms with E-state index in [-0.39, 0.29) is 5.92 Å². The summed E-state index contributed by atoms with van der Waals surface area (Å²) in [6.07, 6.45) is 0. The third-order valence-electron chi connectivity index (χ3n) is 11.4. The van der Waals surface area contributed by atoms with Gasteiger partial charge in [0, 0.05) is 44.1 Å². The molecule has 11 aromatic rings. The molecular formula is C49H30N2O. The van der Waals surface area contributed by atoms with E-state index in [2.05, 4.69) is 185 Å². The Morgan fingerprint density at radius 2 is 0.904 bits per heavy atom. The van der Waals surface area contributed by atoms with E-state index < -0.39 is 0 Å². The molecule has 0 radical (unpaired) electrons. The third-order valence-corrected chi connectivity index (χ3v) is 11.4. The van der Waals surface area contributed by atoms with Crippen LogP contribution in [0.5, 0.6) is 0 Å². The number of para-hydroxylation sites is 5. The van der Waals surface area contributed by atoms with Gasteiger partial charge >= 0.3 is 0 Å². The van der Waals surface area contributed by atoms with Gasteiger partial charge in [-0.2, -0.15) is 0 Å². The molecule has 12 rings (SSSR count). The summed E-state index contributed by atoms with van der Waals surface area (Å²) in [6, 6.07) is 64.0. The van der Waals surface area contributed by atoms with Gasteiger partial charge in [-0.15, -0.1) is 0 Å². The standard InChI is InChI=1S/C49H30N2O/c1-2-18-36-31(13-1)40-29-30(50-41-21-7-3-14-32(41)33-15-4-8-22-42(33)50)27-28-37(40)47(36)38-19-11-20-39-48-45(25-12-26-46(48)52-49(38)39)51-43-23-9-5-16-34(43)35-17-6-10-24-44(35)51/h1-29,47H. The fourth-order valence-electron chi connectivity index (χ4n) is 9.31. The minimum atomic E-state index is 0.0411. The quantitative estimate of drug-likeness (QED) is 0.185. The molecule has 242 valence electrons. The molecule has 1 atom stereocenters. The number of aromatic nitrogens is 2. The summed E-state index contributed by atoms with van der Waals surface area (Å²) in [4.78, 5) is 0. The Morgan fingerprint density at radius 3 is 1.58 bits per heavy atom. The van der Waals surface area contributed by atoms with Gasteiger partial charge < -0.3 is 13.6 Å². The SMILES string of the molecule is c1ccc2c(c1)-c1cc(-n3c4ccccc4c4ccccc43)ccc1C2c1cccc2c1oc1cccc(-n3c4ccccc4c4ccccc43)c12. The second-order valence-corrected chi connectivity index (χ2v) is 14.0. The van der Waals surface area contributed by atoms with Crippen molar-refractivity contribution in [1.82, 2.24) is 9.13 Å². The van der Waals surface area contributed by atoms with E-state index >= 15 is 0 Å². The monoisotopic (exact) mass is 662 g/mol. The maximum Gasteiger partial charge on any atom is 0.139 e. The van der Waals surface area contributed by atoms with Crippen molar-refractivity contribution in [3.63, 3.8) is 0 Å². The Labute approximate surface area is 299 Å². The van der Waals surface area contributed by atoms with Crippen LogP contribution in [0.3, 0.4) is 0 Å². The van der Waals surface area contributed by atoms with E-state index in [1.165, 1.54) is 77.1 Å². The first-order chi connectivity index (χ1) is 25.8. The molecule has 0 saturated heterocycles. The number of furan rings is 1. The van der Waals surface area contributed by atoms with E-state index in [0.717, 1.165) is 27.6 Å². The summed E-state index contributed by atoms with van der Waals surface area (Å²) in [5, 5.41) is 7.32. The first-order valence-electron chi connectivity index (χ1n) is 18.0. The Kier molecular flexibility index (Phi) is 5.56. The highest BCUT2D eigenvalue weighted by atomic mass is 16.3. The molecule has 8 aromatic carbocycles. The molecule has 1 aliphatic rings. The topological polar surface area (TPSA) is 23.0 Å². The lowest BCUT2D eigenvalue weighted by Crippen LogP contribution is -2.00. The summed E-state index contributed by atoms with van der Waals surface area (Å²) in [7, 11) is 0. The van der Waals surface area contributed by atoms with Gasteiger partial charge in [-0.1, -0.05) is 127 Å². The summed E-state index contributed by atoms with van der Waals surface area (Å²) >= 11 is 0. The molecule has 0 bridgehead atoms. The highest BCUT2D eigenvalue weighted by molar-refractivity contribution is 6.15. The van der Waals surface area contributed by atoms with E-state index in [0.29, 0.717) is 0 Å². The van der Waals surface area contributed by atoms with Crippen molar-refractivity contribution in [3.8, 4) is 22.5 Å². The molecule has 1 aliphatic carbocycles. The van der Waals surface area contributed by atoms with Crippen LogP contribution < -0.4 is 0 Å². The summed E-state index contributed by atoms with van der Waals surface area (Å²) < 4.78 is 11.8. The Hall–Kier alpha value is -6.84. The Balaban J connectivity index is 1.09. The fraction of sp³-hybridized carbons (Fsp3) is 0.0204. The molecule has 0 N–H and O–H groups in total. The number of hydrogen-bond acceptors (Lipinski definition) is 1. The van der Waals surface area contributed by atoms with Gasteiger partial charge in [0.2, 0.25) is 0 Å². The summed E-state index contributed by atoms with van der Waals surface area (Å²) in [5.74, 6) is 0.0411. The van der Waals surface area contributed by atoms with Gasteiger partial charge in [0.05, 0.1) is 33.1 Å². The van der Waals surface area contributed by atoms with Crippen LogP contribution in [-0.4, -0.2) is 9.13 Å². The van der Waals surface area contributed by atoms with Crippen LogP contribution in [-0.2, 0) is 0 Å². The maximum absolute atomic E-state index is 6.95. The normalized spacial score (nSPS) is 14.0. The second-order valence-electron chi connectivity index (χ2n) is 14.0. The lowest BCUT2D eigenvalue weighted by Gasteiger charge is -2.16. The Morgan fingerprint density at radius 1 is 0.385 bits per heavy atom. The zero-order valence-corrected chi connectivity index (χ0v) is 28.1. The fourth-order valence-corrected chi connectivity index (χ4v) is 9.31. The van der Waals surface area contributed by atoms with E-state index in [4.69, 9.17) is 4.42 Å². The molecule has 0 saturated carbocycles. The first-order valence-corrected chi connectivity index (χ1v) is 18.0. The lowest BCUT2D eigenvalue weighted by atomic mass is 9.88. The predicted molar refractivity (Wildman–Crippen MR) is 215 cm³/mol. The van der Waals surface area contributed by atoms with E-state index in [1.807, 2.05) is 0 Å². The highest BCUT2D eigenvalue weighted by Gasteiger charge is 2.33. The molecule has 0 amide bonds. The molecule has 3 heteroatoms. The van der Waals surface area contributed by atoms with Crippen LogP contribution in [0.25, 0.3) is 88.1 Å². The smallest absolute Gasteiger partial charge is 0.139 e. The molecule has 3 aromatic heterocycles. The van der Waals surface area contributed by atoms with Crippen molar-refractivity contribution in [2.45, 2.75) is 5.92 Å². The van der Waals surface area contributed by atoms with Crippen molar-refractivity contribution in [2.75, 3.05) is 0 Å². The molecule has 3 nitrogen and oxygen atoms in total. The number of rotatable bonds is 3. The largest absolute Gasteiger partial charge is 0.456 e. The molecule has 52 heavy (non-hydrogen) atoms. The van der Waals surface area contributed by atoms with Gasteiger partial charge in [-0.05, 0) is 70.8 Å². The number of nitrogens with zero attached hydrogens (tertiary/aromatic N) is 2. The minimum absolute atomic E-state index is 0.0411. The van der Waals surface area contributed by atoms with Crippen molar-refractivity contribution >= 4 is 65.6 Å². The van der Waals surface area contributed by atoms with Crippen LogP contribution in [0.1, 0.15) is 22.6 Å². The van der Waals surface area contributed by atoms with Crippen molar-refractivity contribution < 1.29 is 4.42 Å². The number of hydrogen-bond donors (Lipinski definition) is 0. The average molecular weight is 663 g/mol. The molecule has 3 heterocycles. The van der Waals surface area contributed by atoms with E-state index in [1.54, 1.807) is 0 Å². The zero-order valence-electron chi connectivity index (χ0n) is 28.1. The molecule has 0 fully saturated rings. The van der Waals surface area contributed by atoms with Crippen molar-refractivity contribution in [1.29, 1.82) is 0 Å². The molecular weight excluding hydrogens is 633 g/mol. The Bertz CT molecular complexity index is 3160. The van der Waals surface area contributed by atoms with Crippen LogP contribution >= 0.6 is 0 Å². The summed E-state index contributed by atoms with van der Waals surface area (Å²) in [5.41, 5.74) is 15.3. The van der Waals surface area contributed by atoms with Crippen LogP contribution in [0.15, 0.2) is 180 Å². The van der Waals surface area contributed by atoms with Crippen LogP contribution in [0, 0.1) is 0 Å². The van der Waals surface area contributed by atoms with Gasteiger partial charge in [-0.3, -0.25) is 0 Å². The number of fused-ring (bicyclic) bond motifs is 12. The van der Waals surface area contributed by atoms with Gasteiger partial charge in [0.15, 0.2) is 0 Å². The zero-order chi connectivity index (χ0) is 33.9. The molecule has 1 unspecified atom stereocenters. The van der Waals surface area contributed by atoms with Gasteiger partial charge in [-0.25, -0.2) is 0 Å². The van der Waals surface area contributed by atoms with Crippen molar-refractivity contribution in [3.05, 3.63) is 193 Å². The first kappa shape index (κ1) is 27.9. The van der Waals surface area contributed by atoms with Crippen LogP contribution in [0.4, 0.5) is 0 Å². The lowest BCUT2D eigenvalue weighted by molar-refractivity contribution is 0.661. The maximum atomic E-state index is 6.95. The van der Waals surface area contributed by atoms with E-state index in [9.17, 15) is 0 Å². The molecule has 0 aliphatic heterocycles. The number of benzene rings is 8. The minimum Gasteiger partial charge on any atom is -0.456 e. The predicted octanol–water partition coefficient (Wildman–Crippen LogP) is 12.9. The van der Waals surface area contributed by atoms with Gasteiger partial charge in [0.25, 0.3) is 0 Å². The highest BCUT2D eigenvalue weighted by Crippen LogP contribution is 2.51. The van der Waals surface area contributed by atoms with Gasteiger partial charge in [0.1, 0.15) is 11.2 Å². The average Bonchev–Trinajstić information content (AvgIpc) is 3.94. The summed E-state index contributed by atoms with van der Waals surface area (Å²) in [6.45, 7) is 0. The third kappa shape index (κ3) is 3.64. The molecule has 0 spiro atoms. The van der Waals surface area contributed by atoms with Crippen LogP contribution in [0.2, 0.25) is 0 Å². The second kappa shape index (κ2) is 10.3.